The second kappa shape index (κ2) is 9.13. The molecule has 140 valence electrons. The van der Waals surface area contributed by atoms with E-state index >= 15 is 0 Å². The second-order valence-electron chi connectivity index (χ2n) is 6.13. The van der Waals surface area contributed by atoms with Crippen molar-refractivity contribution in [3.05, 3.63) is 53.6 Å². The van der Waals surface area contributed by atoms with E-state index in [2.05, 4.69) is 0 Å². The summed E-state index contributed by atoms with van der Waals surface area (Å²) >= 11 is 0. The number of amides is 1. The van der Waals surface area contributed by atoms with Crippen LogP contribution in [0.15, 0.2) is 42.5 Å². The summed E-state index contributed by atoms with van der Waals surface area (Å²) in [5, 5.41) is 0. The number of carbonyl (C=O) groups excluding carboxylic acids is 1. The summed E-state index contributed by atoms with van der Waals surface area (Å²) in [6.07, 6.45) is 0.999. The zero-order chi connectivity index (χ0) is 19.1. The molecule has 26 heavy (non-hydrogen) atoms. The van der Waals surface area contributed by atoms with Crippen molar-refractivity contribution in [2.45, 2.75) is 25.8 Å². The number of aryl methyl sites for hydroxylation is 1. The smallest absolute Gasteiger partial charge is 0.223 e. The van der Waals surface area contributed by atoms with Gasteiger partial charge in [0.05, 0.1) is 27.4 Å². The molecule has 1 atom stereocenters. The molecule has 0 aliphatic heterocycles. The number of benzene rings is 2. The van der Waals surface area contributed by atoms with Gasteiger partial charge in [-0.05, 0) is 54.8 Å². The first-order chi connectivity index (χ1) is 12.5. The Hall–Kier alpha value is -2.69. The SMILES string of the molecule is COc1ccc(C(C)N(C)C(=O)CCc2cc(OC)ccc2OC)cc1. The summed E-state index contributed by atoms with van der Waals surface area (Å²) in [7, 11) is 6.73. The Morgan fingerprint density at radius 3 is 2.15 bits per heavy atom. The van der Waals surface area contributed by atoms with E-state index in [1.165, 1.54) is 0 Å². The summed E-state index contributed by atoms with van der Waals surface area (Å²) in [6.45, 7) is 2.02. The first-order valence-electron chi connectivity index (χ1n) is 8.60. The monoisotopic (exact) mass is 357 g/mol. The van der Waals surface area contributed by atoms with E-state index in [-0.39, 0.29) is 11.9 Å². The number of nitrogens with zero attached hydrogens (tertiary/aromatic N) is 1. The molecule has 0 heterocycles. The van der Waals surface area contributed by atoms with Gasteiger partial charge in [-0.1, -0.05) is 12.1 Å². The van der Waals surface area contributed by atoms with Gasteiger partial charge in [-0.2, -0.15) is 0 Å². The first-order valence-corrected chi connectivity index (χ1v) is 8.60. The number of carbonyl (C=O) groups is 1. The van der Waals surface area contributed by atoms with E-state index in [1.54, 1.807) is 26.2 Å². The van der Waals surface area contributed by atoms with Crippen LogP contribution in [0.3, 0.4) is 0 Å². The third-order valence-corrected chi connectivity index (χ3v) is 4.67. The van der Waals surface area contributed by atoms with E-state index in [0.717, 1.165) is 28.4 Å². The zero-order valence-corrected chi connectivity index (χ0v) is 16.1. The topological polar surface area (TPSA) is 48.0 Å². The highest BCUT2D eigenvalue weighted by Crippen LogP contribution is 2.26. The Morgan fingerprint density at radius 1 is 0.962 bits per heavy atom. The number of methoxy groups -OCH3 is 3. The van der Waals surface area contributed by atoms with Crippen LogP contribution in [0.1, 0.15) is 30.5 Å². The van der Waals surface area contributed by atoms with E-state index in [4.69, 9.17) is 14.2 Å². The van der Waals surface area contributed by atoms with Gasteiger partial charge in [-0.25, -0.2) is 0 Å². The van der Waals surface area contributed by atoms with Crippen molar-refractivity contribution < 1.29 is 19.0 Å². The molecule has 0 spiro atoms. The predicted octanol–water partition coefficient (Wildman–Crippen LogP) is 3.86. The van der Waals surface area contributed by atoms with Crippen LogP contribution in [-0.4, -0.2) is 39.2 Å². The summed E-state index contributed by atoms with van der Waals surface area (Å²) in [4.78, 5) is 14.4. The fourth-order valence-electron chi connectivity index (χ4n) is 2.82. The molecular formula is C21H27NO4. The van der Waals surface area contributed by atoms with E-state index in [9.17, 15) is 4.79 Å². The lowest BCUT2D eigenvalue weighted by Gasteiger charge is -2.25. The molecule has 0 aliphatic rings. The average molecular weight is 357 g/mol. The summed E-state index contributed by atoms with van der Waals surface area (Å²) < 4.78 is 15.8. The normalized spacial score (nSPS) is 11.6. The lowest BCUT2D eigenvalue weighted by atomic mass is 10.0. The number of hydrogen-bond acceptors (Lipinski definition) is 4. The van der Waals surface area contributed by atoms with Crippen LogP contribution >= 0.6 is 0 Å². The van der Waals surface area contributed by atoms with Crippen molar-refractivity contribution in [2.24, 2.45) is 0 Å². The lowest BCUT2D eigenvalue weighted by molar-refractivity contribution is -0.131. The van der Waals surface area contributed by atoms with Gasteiger partial charge in [0, 0.05) is 13.5 Å². The molecule has 5 nitrogen and oxygen atoms in total. The van der Waals surface area contributed by atoms with Crippen molar-refractivity contribution in [3.63, 3.8) is 0 Å². The molecule has 1 unspecified atom stereocenters. The van der Waals surface area contributed by atoms with Gasteiger partial charge in [0.25, 0.3) is 0 Å². The molecular weight excluding hydrogens is 330 g/mol. The molecule has 0 bridgehead atoms. The van der Waals surface area contributed by atoms with Crippen LogP contribution in [0.2, 0.25) is 0 Å². The molecule has 0 aliphatic carbocycles. The van der Waals surface area contributed by atoms with Crippen LogP contribution in [0, 0.1) is 0 Å². The molecule has 0 aromatic heterocycles. The molecule has 0 fully saturated rings. The Morgan fingerprint density at radius 2 is 1.58 bits per heavy atom. The lowest BCUT2D eigenvalue weighted by Crippen LogP contribution is -2.29. The molecule has 2 aromatic rings. The summed E-state index contributed by atoms with van der Waals surface area (Å²) in [5.74, 6) is 2.41. The molecule has 0 radical (unpaired) electrons. The van der Waals surface area contributed by atoms with E-state index in [0.29, 0.717) is 12.8 Å². The van der Waals surface area contributed by atoms with E-state index in [1.807, 2.05) is 56.4 Å². The summed E-state index contributed by atoms with van der Waals surface area (Å²) in [6, 6.07) is 13.4. The fraction of sp³-hybridized carbons (Fsp3) is 0.381. The largest absolute Gasteiger partial charge is 0.497 e. The highest BCUT2D eigenvalue weighted by Gasteiger charge is 2.18. The Kier molecular flexibility index (Phi) is 6.89. The van der Waals surface area contributed by atoms with Crippen LogP contribution in [-0.2, 0) is 11.2 Å². The second-order valence-corrected chi connectivity index (χ2v) is 6.13. The molecule has 2 aromatic carbocycles. The molecule has 0 saturated carbocycles. The number of rotatable bonds is 8. The van der Waals surface area contributed by atoms with Crippen LogP contribution < -0.4 is 14.2 Å². The molecule has 0 saturated heterocycles. The van der Waals surface area contributed by atoms with Crippen LogP contribution in [0.25, 0.3) is 0 Å². The summed E-state index contributed by atoms with van der Waals surface area (Å²) in [5.41, 5.74) is 2.03. The quantitative estimate of drug-likeness (QED) is 0.720. The molecule has 5 heteroatoms. The maximum Gasteiger partial charge on any atom is 0.223 e. The molecule has 0 N–H and O–H groups in total. The highest BCUT2D eigenvalue weighted by atomic mass is 16.5. The average Bonchev–Trinajstić information content (AvgIpc) is 2.70. The minimum absolute atomic E-state index is 0.0133. The third-order valence-electron chi connectivity index (χ3n) is 4.67. The minimum atomic E-state index is -0.0133. The van der Waals surface area contributed by atoms with Gasteiger partial charge >= 0.3 is 0 Å². The van der Waals surface area contributed by atoms with Gasteiger partial charge < -0.3 is 19.1 Å². The van der Waals surface area contributed by atoms with Crippen molar-refractivity contribution in [2.75, 3.05) is 28.4 Å². The first kappa shape index (κ1) is 19.6. The van der Waals surface area contributed by atoms with Gasteiger partial charge in [0.1, 0.15) is 17.2 Å². The van der Waals surface area contributed by atoms with E-state index < -0.39 is 0 Å². The van der Waals surface area contributed by atoms with Gasteiger partial charge in [-0.3, -0.25) is 4.79 Å². The Labute approximate surface area is 155 Å². The van der Waals surface area contributed by atoms with Crippen molar-refractivity contribution >= 4 is 5.91 Å². The molecule has 2 rings (SSSR count). The van der Waals surface area contributed by atoms with Crippen molar-refractivity contribution in [3.8, 4) is 17.2 Å². The van der Waals surface area contributed by atoms with Gasteiger partial charge in [0.2, 0.25) is 5.91 Å². The minimum Gasteiger partial charge on any atom is -0.497 e. The number of hydrogen-bond donors (Lipinski definition) is 0. The third kappa shape index (κ3) is 4.69. The van der Waals surface area contributed by atoms with Crippen molar-refractivity contribution in [1.82, 2.24) is 4.90 Å². The number of ether oxygens (including phenoxy) is 3. The highest BCUT2D eigenvalue weighted by molar-refractivity contribution is 5.76. The Balaban J connectivity index is 2.02. The Bertz CT molecular complexity index is 727. The zero-order valence-electron chi connectivity index (χ0n) is 16.1. The van der Waals surface area contributed by atoms with Crippen molar-refractivity contribution in [1.29, 1.82) is 0 Å². The molecule has 1 amide bonds. The van der Waals surface area contributed by atoms with Crippen LogP contribution in [0.4, 0.5) is 0 Å². The fourth-order valence-corrected chi connectivity index (χ4v) is 2.82. The predicted molar refractivity (Wildman–Crippen MR) is 102 cm³/mol. The van der Waals surface area contributed by atoms with Gasteiger partial charge in [-0.15, -0.1) is 0 Å². The van der Waals surface area contributed by atoms with Gasteiger partial charge in [0.15, 0.2) is 0 Å². The maximum atomic E-state index is 12.6. The van der Waals surface area contributed by atoms with Crippen LogP contribution in [0.5, 0.6) is 17.2 Å². The maximum absolute atomic E-state index is 12.6. The standard InChI is InChI=1S/C21H27NO4/c1-15(16-6-9-18(24-3)10-7-16)22(2)21(23)13-8-17-14-19(25-4)11-12-20(17)26-5/h6-7,9-12,14-15H,8,13H2,1-5H3.